The number of aromatic nitrogens is 1. The average Bonchev–Trinajstić information content (AvgIpc) is 3.39. The zero-order valence-corrected chi connectivity index (χ0v) is 22.4. The van der Waals surface area contributed by atoms with Gasteiger partial charge in [-0.15, -0.1) is 0 Å². The van der Waals surface area contributed by atoms with E-state index in [1.807, 2.05) is 0 Å². The number of rotatable bonds is 2. The molecule has 0 saturated carbocycles. The first-order valence-corrected chi connectivity index (χ1v) is 14.2. The molecule has 0 radical (unpaired) electrons. The summed E-state index contributed by atoms with van der Waals surface area (Å²) in [5.74, 6) is 0. The van der Waals surface area contributed by atoms with E-state index in [9.17, 15) is 0 Å². The maximum atomic E-state index is 2.39. The van der Waals surface area contributed by atoms with Crippen molar-refractivity contribution in [3.05, 3.63) is 152 Å². The van der Waals surface area contributed by atoms with Gasteiger partial charge in [0, 0.05) is 16.5 Å². The second kappa shape index (κ2) is 8.55. The van der Waals surface area contributed by atoms with Gasteiger partial charge in [0.15, 0.2) is 0 Å². The second-order valence-electron chi connectivity index (χ2n) is 11.0. The summed E-state index contributed by atoms with van der Waals surface area (Å²) in [7, 11) is 0. The van der Waals surface area contributed by atoms with E-state index in [4.69, 9.17) is 0 Å². The molecule has 1 heterocycles. The Balaban J connectivity index is 1.21. The molecule has 1 heteroatoms. The van der Waals surface area contributed by atoms with Crippen LogP contribution in [-0.4, -0.2) is 4.57 Å². The highest BCUT2D eigenvalue weighted by Crippen LogP contribution is 2.38. The Bertz CT molecular complexity index is 2390. The predicted molar refractivity (Wildman–Crippen MR) is 176 cm³/mol. The third-order valence-corrected chi connectivity index (χ3v) is 8.74. The number of hydrogen-bond acceptors (Lipinski definition) is 0. The van der Waals surface area contributed by atoms with Crippen molar-refractivity contribution < 1.29 is 0 Å². The minimum absolute atomic E-state index is 1.19. The van der Waals surface area contributed by atoms with Crippen molar-refractivity contribution in [2.75, 3.05) is 0 Å². The smallest absolute Gasteiger partial charge is 0.0541 e. The highest BCUT2D eigenvalue weighted by Gasteiger charge is 2.13. The van der Waals surface area contributed by atoms with Crippen molar-refractivity contribution in [1.29, 1.82) is 0 Å². The molecule has 0 bridgehead atoms. The molecule has 0 aliphatic rings. The molecule has 9 rings (SSSR count). The van der Waals surface area contributed by atoms with Crippen LogP contribution in [0.2, 0.25) is 0 Å². The van der Waals surface area contributed by atoms with Crippen LogP contribution in [0.4, 0.5) is 0 Å². The number of benzene rings is 8. The van der Waals surface area contributed by atoms with Gasteiger partial charge in [-0.3, -0.25) is 0 Å². The molecule has 0 N–H and O–H groups in total. The Morgan fingerprint density at radius 2 is 0.732 bits per heavy atom. The van der Waals surface area contributed by atoms with Gasteiger partial charge in [-0.2, -0.15) is 0 Å². The third-order valence-electron chi connectivity index (χ3n) is 8.74. The summed E-state index contributed by atoms with van der Waals surface area (Å²) in [6.45, 7) is 0. The summed E-state index contributed by atoms with van der Waals surface area (Å²) < 4.78 is 2.39. The molecule has 0 aliphatic carbocycles. The normalized spacial score (nSPS) is 11.9. The Morgan fingerprint density at radius 3 is 1.37 bits per heavy atom. The second-order valence-corrected chi connectivity index (χ2v) is 11.0. The van der Waals surface area contributed by atoms with Gasteiger partial charge >= 0.3 is 0 Å². The molecular weight excluding hydrogens is 494 g/mol. The maximum absolute atomic E-state index is 2.39. The van der Waals surface area contributed by atoms with E-state index >= 15 is 0 Å². The molecule has 9 aromatic rings. The molecule has 1 aromatic heterocycles. The molecule has 41 heavy (non-hydrogen) atoms. The number of para-hydroxylation sites is 2. The maximum Gasteiger partial charge on any atom is 0.0541 e. The Hall–Kier alpha value is -5.40. The standard InChI is InChI=1S/C40H25N/c1-2-11-33-31(9-1)32-10-3-4-12-34(32)38-25-29(20-22-35(33)38)26-17-18-28-24-30(21-19-27(28)23-26)41-39-15-7-5-13-36(39)37-14-6-8-16-40(37)41/h1-25H. The summed E-state index contributed by atoms with van der Waals surface area (Å²) in [5.41, 5.74) is 6.14. The lowest BCUT2D eigenvalue weighted by Gasteiger charge is -2.13. The SMILES string of the molecule is c1ccc2c(c1)c1ccccc1c1cc(-c3ccc4cc(-n5c6ccccc6c6ccccc65)ccc4c3)ccc21. The van der Waals surface area contributed by atoms with Crippen molar-refractivity contribution in [2.45, 2.75) is 0 Å². The highest BCUT2D eigenvalue weighted by atomic mass is 15.0. The van der Waals surface area contributed by atoms with E-state index < -0.39 is 0 Å². The summed E-state index contributed by atoms with van der Waals surface area (Å²) in [6, 6.07) is 55.6. The molecular formula is C40H25N. The van der Waals surface area contributed by atoms with Crippen molar-refractivity contribution in [3.63, 3.8) is 0 Å². The van der Waals surface area contributed by atoms with Crippen LogP contribution in [0.5, 0.6) is 0 Å². The Labute approximate surface area is 237 Å². The minimum Gasteiger partial charge on any atom is -0.309 e. The van der Waals surface area contributed by atoms with Gasteiger partial charge in [0.25, 0.3) is 0 Å². The van der Waals surface area contributed by atoms with Crippen molar-refractivity contribution in [3.8, 4) is 16.8 Å². The van der Waals surface area contributed by atoms with E-state index in [1.165, 1.54) is 81.7 Å². The highest BCUT2D eigenvalue weighted by molar-refractivity contribution is 6.25. The van der Waals surface area contributed by atoms with Gasteiger partial charge in [-0.1, -0.05) is 115 Å². The summed E-state index contributed by atoms with van der Waals surface area (Å²) in [5, 5.41) is 12.9. The van der Waals surface area contributed by atoms with Crippen LogP contribution in [0.25, 0.3) is 81.7 Å². The van der Waals surface area contributed by atoms with E-state index in [0.29, 0.717) is 0 Å². The molecule has 0 amide bonds. The van der Waals surface area contributed by atoms with Gasteiger partial charge in [-0.25, -0.2) is 0 Å². The molecule has 0 atom stereocenters. The average molecular weight is 520 g/mol. The largest absolute Gasteiger partial charge is 0.309 e. The van der Waals surface area contributed by atoms with Crippen LogP contribution in [-0.2, 0) is 0 Å². The van der Waals surface area contributed by atoms with Crippen LogP contribution >= 0.6 is 0 Å². The molecule has 8 aromatic carbocycles. The van der Waals surface area contributed by atoms with Gasteiger partial charge < -0.3 is 4.57 Å². The van der Waals surface area contributed by atoms with Crippen molar-refractivity contribution in [1.82, 2.24) is 4.57 Å². The predicted octanol–water partition coefficient (Wildman–Crippen LogP) is 11.1. The van der Waals surface area contributed by atoms with Gasteiger partial charge in [0.05, 0.1) is 11.0 Å². The Kier molecular flexibility index (Phi) is 4.67. The van der Waals surface area contributed by atoms with Gasteiger partial charge in [0.1, 0.15) is 0 Å². The topological polar surface area (TPSA) is 4.93 Å². The lowest BCUT2D eigenvalue weighted by molar-refractivity contribution is 1.19. The van der Waals surface area contributed by atoms with Crippen molar-refractivity contribution >= 4 is 64.9 Å². The lowest BCUT2D eigenvalue weighted by atomic mass is 9.91. The van der Waals surface area contributed by atoms with Gasteiger partial charge in [0.2, 0.25) is 0 Å². The minimum atomic E-state index is 1.19. The molecule has 190 valence electrons. The molecule has 0 unspecified atom stereocenters. The molecule has 0 saturated heterocycles. The first-order chi connectivity index (χ1) is 20.3. The van der Waals surface area contributed by atoms with Crippen LogP contribution < -0.4 is 0 Å². The van der Waals surface area contributed by atoms with Gasteiger partial charge in [-0.05, 0) is 90.6 Å². The summed E-state index contributed by atoms with van der Waals surface area (Å²) in [6.07, 6.45) is 0. The lowest BCUT2D eigenvalue weighted by Crippen LogP contribution is -1.93. The Morgan fingerprint density at radius 1 is 0.293 bits per heavy atom. The number of nitrogens with zero attached hydrogens (tertiary/aromatic N) is 1. The number of hydrogen-bond donors (Lipinski definition) is 0. The molecule has 0 fully saturated rings. The fourth-order valence-electron chi connectivity index (χ4n) is 6.84. The first kappa shape index (κ1) is 22.4. The zero-order chi connectivity index (χ0) is 26.9. The van der Waals surface area contributed by atoms with Crippen LogP contribution in [0, 0.1) is 0 Å². The summed E-state index contributed by atoms with van der Waals surface area (Å²) >= 11 is 0. The van der Waals surface area contributed by atoms with Crippen LogP contribution in [0.3, 0.4) is 0 Å². The quantitative estimate of drug-likeness (QED) is 0.200. The van der Waals surface area contributed by atoms with Crippen LogP contribution in [0.1, 0.15) is 0 Å². The third kappa shape index (κ3) is 3.30. The van der Waals surface area contributed by atoms with E-state index in [0.717, 1.165) is 0 Å². The number of fused-ring (bicyclic) bond motifs is 10. The van der Waals surface area contributed by atoms with Crippen LogP contribution in [0.15, 0.2) is 152 Å². The first-order valence-electron chi connectivity index (χ1n) is 14.2. The molecule has 0 aliphatic heterocycles. The molecule has 0 spiro atoms. The fourth-order valence-corrected chi connectivity index (χ4v) is 6.84. The van der Waals surface area contributed by atoms with E-state index in [1.54, 1.807) is 0 Å². The van der Waals surface area contributed by atoms with Crippen molar-refractivity contribution in [2.24, 2.45) is 0 Å². The summed E-state index contributed by atoms with van der Waals surface area (Å²) in [4.78, 5) is 0. The fraction of sp³-hybridized carbons (Fsp3) is 0. The monoisotopic (exact) mass is 519 g/mol. The van der Waals surface area contributed by atoms with E-state index in [2.05, 4.69) is 156 Å². The molecule has 1 nitrogen and oxygen atoms in total. The van der Waals surface area contributed by atoms with E-state index in [-0.39, 0.29) is 0 Å². The zero-order valence-electron chi connectivity index (χ0n) is 22.4.